The van der Waals surface area contributed by atoms with Gasteiger partial charge in [0, 0.05) is 16.7 Å². The van der Waals surface area contributed by atoms with Gasteiger partial charge in [-0.05, 0) is 42.5 Å². The third-order valence-electron chi connectivity index (χ3n) is 3.10. The lowest BCUT2D eigenvalue weighted by Gasteiger charge is -2.08. The zero-order valence-corrected chi connectivity index (χ0v) is 11.9. The summed E-state index contributed by atoms with van der Waals surface area (Å²) in [6.45, 7) is 0. The van der Waals surface area contributed by atoms with Crippen molar-refractivity contribution in [2.45, 2.75) is 0 Å². The summed E-state index contributed by atoms with van der Waals surface area (Å²) in [7, 11) is 0. The van der Waals surface area contributed by atoms with Crippen molar-refractivity contribution < 1.29 is 8.78 Å². The molecule has 1 heterocycles. The summed E-state index contributed by atoms with van der Waals surface area (Å²) in [6, 6.07) is 13.1. The van der Waals surface area contributed by atoms with E-state index in [1.54, 1.807) is 24.3 Å². The Kier molecular flexibility index (Phi) is 3.61. The van der Waals surface area contributed by atoms with Gasteiger partial charge in [-0.15, -0.1) is 0 Å². The number of halogens is 3. The van der Waals surface area contributed by atoms with Gasteiger partial charge in [0.05, 0.1) is 11.4 Å². The van der Waals surface area contributed by atoms with Crippen molar-refractivity contribution in [1.29, 1.82) is 5.26 Å². The summed E-state index contributed by atoms with van der Waals surface area (Å²) < 4.78 is 28.8. The van der Waals surface area contributed by atoms with Crippen LogP contribution in [0.25, 0.3) is 16.9 Å². The van der Waals surface area contributed by atoms with Gasteiger partial charge >= 0.3 is 0 Å². The van der Waals surface area contributed by atoms with E-state index in [0.717, 1.165) is 18.2 Å². The molecule has 0 atom stereocenters. The number of nitrogens with zero attached hydrogens (tertiary/aromatic N) is 3. The lowest BCUT2D eigenvalue weighted by Crippen LogP contribution is -2.00. The molecule has 0 bridgehead atoms. The van der Waals surface area contributed by atoms with Crippen LogP contribution >= 0.6 is 11.6 Å². The van der Waals surface area contributed by atoms with Crippen LogP contribution < -0.4 is 0 Å². The Bertz CT molecular complexity index is 879. The van der Waals surface area contributed by atoms with Crippen LogP contribution in [0.3, 0.4) is 0 Å². The molecule has 1 aromatic heterocycles. The zero-order valence-electron chi connectivity index (χ0n) is 11.1. The first-order valence-corrected chi connectivity index (χ1v) is 6.68. The molecule has 6 heteroatoms. The molecule has 0 unspecified atom stereocenters. The number of benzene rings is 2. The third kappa shape index (κ3) is 2.57. The second-order valence-corrected chi connectivity index (χ2v) is 4.98. The minimum absolute atomic E-state index is 0.0314. The number of nitriles is 1. The molecule has 0 amide bonds. The lowest BCUT2D eigenvalue weighted by atomic mass is 10.1. The smallest absolute Gasteiger partial charge is 0.163 e. The average Bonchev–Trinajstić information content (AvgIpc) is 2.94. The fraction of sp³-hybridized carbons (Fsp3) is 0. The molecule has 0 aliphatic rings. The van der Waals surface area contributed by atoms with Gasteiger partial charge < -0.3 is 0 Å². The highest BCUT2D eigenvalue weighted by Crippen LogP contribution is 2.27. The van der Waals surface area contributed by atoms with Gasteiger partial charge in [0.25, 0.3) is 0 Å². The molecule has 0 fully saturated rings. The van der Waals surface area contributed by atoms with Gasteiger partial charge in [-0.1, -0.05) is 11.6 Å². The third-order valence-corrected chi connectivity index (χ3v) is 3.35. The van der Waals surface area contributed by atoms with Crippen molar-refractivity contribution in [1.82, 2.24) is 9.78 Å². The molecule has 0 aliphatic carbocycles. The normalized spacial score (nSPS) is 10.5. The van der Waals surface area contributed by atoms with Crippen LogP contribution in [0.15, 0.2) is 48.5 Å². The Hall–Kier alpha value is -2.71. The van der Waals surface area contributed by atoms with E-state index in [9.17, 15) is 8.78 Å². The Morgan fingerprint density at radius 3 is 2.45 bits per heavy atom. The SMILES string of the molecule is N#Cc1cc(-c2cc(F)ccc2F)n(-c2ccc(Cl)cc2)n1. The van der Waals surface area contributed by atoms with E-state index in [1.807, 2.05) is 6.07 Å². The maximum absolute atomic E-state index is 14.0. The van der Waals surface area contributed by atoms with Gasteiger partial charge in [0.1, 0.15) is 17.7 Å². The number of hydrogen-bond donors (Lipinski definition) is 0. The molecule has 108 valence electrons. The Morgan fingerprint density at radius 1 is 1.05 bits per heavy atom. The predicted molar refractivity (Wildman–Crippen MR) is 78.6 cm³/mol. The van der Waals surface area contributed by atoms with Crippen molar-refractivity contribution >= 4 is 11.6 Å². The highest BCUT2D eigenvalue weighted by Gasteiger charge is 2.15. The second kappa shape index (κ2) is 5.58. The molecule has 3 nitrogen and oxygen atoms in total. The monoisotopic (exact) mass is 315 g/mol. The average molecular weight is 316 g/mol. The maximum Gasteiger partial charge on any atom is 0.163 e. The summed E-state index contributed by atoms with van der Waals surface area (Å²) in [6.07, 6.45) is 0. The fourth-order valence-corrected chi connectivity index (χ4v) is 2.23. The number of aromatic nitrogens is 2. The van der Waals surface area contributed by atoms with Gasteiger partial charge in [-0.2, -0.15) is 10.4 Å². The predicted octanol–water partition coefficient (Wildman–Crippen LogP) is 4.34. The largest absolute Gasteiger partial charge is 0.232 e. The molecular formula is C16H8ClF2N3. The van der Waals surface area contributed by atoms with E-state index >= 15 is 0 Å². The number of rotatable bonds is 2. The van der Waals surface area contributed by atoms with Crippen molar-refractivity contribution in [3.05, 3.63) is 70.9 Å². The van der Waals surface area contributed by atoms with E-state index in [4.69, 9.17) is 16.9 Å². The maximum atomic E-state index is 14.0. The van der Waals surface area contributed by atoms with Crippen LogP contribution in [0.2, 0.25) is 5.02 Å². The molecule has 0 N–H and O–H groups in total. The lowest BCUT2D eigenvalue weighted by molar-refractivity contribution is 0.602. The summed E-state index contributed by atoms with van der Waals surface area (Å²) in [5.74, 6) is -1.17. The van der Waals surface area contributed by atoms with Crippen LogP contribution in [-0.4, -0.2) is 9.78 Å². The highest BCUT2D eigenvalue weighted by molar-refractivity contribution is 6.30. The first-order chi connectivity index (χ1) is 10.6. The first-order valence-electron chi connectivity index (χ1n) is 6.30. The van der Waals surface area contributed by atoms with E-state index in [1.165, 1.54) is 10.7 Å². The minimum Gasteiger partial charge on any atom is -0.232 e. The van der Waals surface area contributed by atoms with Crippen LogP contribution in [-0.2, 0) is 0 Å². The molecular weight excluding hydrogens is 308 g/mol. The van der Waals surface area contributed by atoms with E-state index in [0.29, 0.717) is 10.7 Å². The topological polar surface area (TPSA) is 41.6 Å². The second-order valence-electron chi connectivity index (χ2n) is 4.54. The standard InChI is InChI=1S/C16H8ClF2N3/c17-10-1-4-13(5-2-10)22-16(8-12(9-20)21-22)14-7-11(18)3-6-15(14)19/h1-8H. The summed E-state index contributed by atoms with van der Waals surface area (Å²) >= 11 is 5.84. The molecule has 3 rings (SSSR count). The van der Waals surface area contributed by atoms with Crippen molar-refractivity contribution in [3.8, 4) is 23.0 Å². The molecule has 3 aromatic rings. The van der Waals surface area contributed by atoms with E-state index in [-0.39, 0.29) is 17.0 Å². The molecule has 0 spiro atoms. The summed E-state index contributed by atoms with van der Waals surface area (Å²) in [4.78, 5) is 0. The van der Waals surface area contributed by atoms with Crippen LogP contribution in [0, 0.1) is 23.0 Å². The molecule has 0 saturated heterocycles. The van der Waals surface area contributed by atoms with Crippen molar-refractivity contribution in [3.63, 3.8) is 0 Å². The van der Waals surface area contributed by atoms with E-state index < -0.39 is 11.6 Å². The van der Waals surface area contributed by atoms with Crippen molar-refractivity contribution in [2.75, 3.05) is 0 Å². The fourth-order valence-electron chi connectivity index (χ4n) is 2.10. The molecule has 0 saturated carbocycles. The van der Waals surface area contributed by atoms with Crippen LogP contribution in [0.5, 0.6) is 0 Å². The Balaban J connectivity index is 2.23. The van der Waals surface area contributed by atoms with Gasteiger partial charge in [0.2, 0.25) is 0 Å². The summed E-state index contributed by atoms with van der Waals surface area (Å²) in [5.41, 5.74) is 1.01. The van der Waals surface area contributed by atoms with Gasteiger partial charge in [-0.3, -0.25) is 0 Å². The Labute approximate surface area is 130 Å². The summed E-state index contributed by atoms with van der Waals surface area (Å²) in [5, 5.41) is 13.7. The zero-order chi connectivity index (χ0) is 15.7. The van der Waals surface area contributed by atoms with Crippen LogP contribution in [0.4, 0.5) is 8.78 Å². The quantitative estimate of drug-likeness (QED) is 0.705. The van der Waals surface area contributed by atoms with Crippen LogP contribution in [0.1, 0.15) is 5.69 Å². The van der Waals surface area contributed by atoms with Gasteiger partial charge in [0.15, 0.2) is 5.69 Å². The molecule has 0 radical (unpaired) electrons. The minimum atomic E-state index is -0.596. The molecule has 0 aliphatic heterocycles. The Morgan fingerprint density at radius 2 is 1.77 bits per heavy atom. The van der Waals surface area contributed by atoms with Gasteiger partial charge in [-0.25, -0.2) is 13.5 Å². The van der Waals surface area contributed by atoms with E-state index in [2.05, 4.69) is 5.10 Å². The highest BCUT2D eigenvalue weighted by atomic mass is 35.5. The number of hydrogen-bond acceptors (Lipinski definition) is 2. The first kappa shape index (κ1) is 14.2. The molecule has 2 aromatic carbocycles. The van der Waals surface area contributed by atoms with Crippen molar-refractivity contribution in [2.24, 2.45) is 0 Å². The molecule has 22 heavy (non-hydrogen) atoms.